The minimum atomic E-state index is -0.0630. The van der Waals surface area contributed by atoms with Crippen molar-refractivity contribution in [1.82, 2.24) is 14.5 Å². The molecule has 2 aromatic carbocycles. The van der Waals surface area contributed by atoms with E-state index < -0.39 is 0 Å². The summed E-state index contributed by atoms with van der Waals surface area (Å²) in [7, 11) is 0. The highest BCUT2D eigenvalue weighted by atomic mass is 16.1. The Kier molecular flexibility index (Phi) is 4.22. The lowest BCUT2D eigenvalue weighted by molar-refractivity contribution is 1.09. The van der Waals surface area contributed by atoms with Gasteiger partial charge in [-0.1, -0.05) is 42.5 Å². The van der Waals surface area contributed by atoms with Crippen LogP contribution in [-0.2, 0) is 0 Å². The van der Waals surface area contributed by atoms with Gasteiger partial charge in [0.15, 0.2) is 0 Å². The lowest BCUT2D eigenvalue weighted by atomic mass is 10.0. The Labute approximate surface area is 167 Å². The van der Waals surface area contributed by atoms with Crippen molar-refractivity contribution in [2.45, 2.75) is 0 Å². The summed E-state index contributed by atoms with van der Waals surface area (Å²) in [5.41, 5.74) is 3.55. The molecule has 0 spiro atoms. The highest BCUT2D eigenvalue weighted by Gasteiger charge is 2.08. The SMILES string of the molecule is O=c1c2c(-c3ccncc3)cccc2ccn1/C=C/c1ccc2ccccc2n1. The monoisotopic (exact) mass is 375 g/mol. The Balaban J connectivity index is 1.61. The van der Waals surface area contributed by atoms with Crippen LogP contribution in [0, 0.1) is 0 Å². The second-order valence-electron chi connectivity index (χ2n) is 6.78. The molecular formula is C25H17N3O. The third kappa shape index (κ3) is 3.21. The van der Waals surface area contributed by atoms with Crippen LogP contribution in [0.2, 0.25) is 0 Å². The lowest BCUT2D eigenvalue weighted by Gasteiger charge is -2.08. The molecule has 0 bridgehead atoms. The van der Waals surface area contributed by atoms with E-state index in [1.807, 2.05) is 78.9 Å². The van der Waals surface area contributed by atoms with E-state index in [-0.39, 0.29) is 5.56 Å². The quantitative estimate of drug-likeness (QED) is 0.433. The summed E-state index contributed by atoms with van der Waals surface area (Å²) in [4.78, 5) is 21.9. The highest BCUT2D eigenvalue weighted by Crippen LogP contribution is 2.25. The van der Waals surface area contributed by atoms with Crippen molar-refractivity contribution in [2.75, 3.05) is 0 Å². The van der Waals surface area contributed by atoms with E-state index in [2.05, 4.69) is 9.97 Å². The minimum Gasteiger partial charge on any atom is -0.290 e. The fourth-order valence-electron chi connectivity index (χ4n) is 3.53. The minimum absolute atomic E-state index is 0.0630. The molecule has 138 valence electrons. The first-order valence-corrected chi connectivity index (χ1v) is 9.38. The number of pyridine rings is 3. The number of nitrogens with zero attached hydrogens (tertiary/aromatic N) is 3. The van der Waals surface area contributed by atoms with Gasteiger partial charge in [-0.15, -0.1) is 0 Å². The Morgan fingerprint density at radius 3 is 2.52 bits per heavy atom. The van der Waals surface area contributed by atoms with E-state index in [1.54, 1.807) is 29.4 Å². The highest BCUT2D eigenvalue weighted by molar-refractivity contribution is 5.96. The second-order valence-corrected chi connectivity index (χ2v) is 6.78. The molecule has 0 amide bonds. The second kappa shape index (κ2) is 7.17. The third-order valence-electron chi connectivity index (χ3n) is 4.98. The van der Waals surface area contributed by atoms with Gasteiger partial charge in [-0.25, -0.2) is 4.98 Å². The van der Waals surface area contributed by atoms with Gasteiger partial charge < -0.3 is 0 Å². The van der Waals surface area contributed by atoms with Gasteiger partial charge in [0.1, 0.15) is 0 Å². The molecule has 0 saturated heterocycles. The zero-order valence-corrected chi connectivity index (χ0v) is 15.6. The van der Waals surface area contributed by atoms with Crippen LogP contribution in [0.25, 0.3) is 45.1 Å². The van der Waals surface area contributed by atoms with Gasteiger partial charge in [-0.05, 0) is 52.9 Å². The summed E-state index contributed by atoms with van der Waals surface area (Å²) in [5, 5.41) is 2.70. The summed E-state index contributed by atoms with van der Waals surface area (Å²) >= 11 is 0. The largest absolute Gasteiger partial charge is 0.290 e. The molecule has 3 aromatic heterocycles. The van der Waals surface area contributed by atoms with Crippen LogP contribution in [0.1, 0.15) is 5.69 Å². The summed E-state index contributed by atoms with van der Waals surface area (Å²) in [5.74, 6) is 0. The molecule has 0 aliphatic carbocycles. The third-order valence-corrected chi connectivity index (χ3v) is 4.98. The fourth-order valence-corrected chi connectivity index (χ4v) is 3.53. The number of aromatic nitrogens is 3. The summed E-state index contributed by atoms with van der Waals surface area (Å²) in [6.45, 7) is 0. The van der Waals surface area contributed by atoms with Gasteiger partial charge in [0.25, 0.3) is 5.56 Å². The van der Waals surface area contributed by atoms with E-state index in [0.717, 1.165) is 33.1 Å². The zero-order chi connectivity index (χ0) is 19.6. The van der Waals surface area contributed by atoms with Crippen LogP contribution in [-0.4, -0.2) is 14.5 Å². The molecule has 4 nitrogen and oxygen atoms in total. The van der Waals surface area contributed by atoms with Gasteiger partial charge in [-0.2, -0.15) is 0 Å². The molecule has 0 saturated carbocycles. The molecule has 4 heteroatoms. The Hall–Kier alpha value is -4.05. The molecule has 0 N–H and O–H groups in total. The van der Waals surface area contributed by atoms with Crippen molar-refractivity contribution in [3.05, 3.63) is 107 Å². The molecule has 0 fully saturated rings. The maximum absolute atomic E-state index is 13.2. The average molecular weight is 375 g/mol. The number of hydrogen-bond acceptors (Lipinski definition) is 3. The molecule has 5 rings (SSSR count). The lowest BCUT2D eigenvalue weighted by Crippen LogP contribution is -2.15. The fraction of sp³-hybridized carbons (Fsp3) is 0. The van der Waals surface area contributed by atoms with Crippen LogP contribution in [0.3, 0.4) is 0 Å². The molecule has 3 heterocycles. The number of rotatable bonds is 3. The van der Waals surface area contributed by atoms with Crippen molar-refractivity contribution in [3.63, 3.8) is 0 Å². The van der Waals surface area contributed by atoms with Crippen molar-refractivity contribution in [2.24, 2.45) is 0 Å². The first-order valence-electron chi connectivity index (χ1n) is 9.38. The maximum Gasteiger partial charge on any atom is 0.263 e. The van der Waals surface area contributed by atoms with E-state index in [4.69, 9.17) is 0 Å². The summed E-state index contributed by atoms with van der Waals surface area (Å²) < 4.78 is 1.60. The number of hydrogen-bond donors (Lipinski definition) is 0. The van der Waals surface area contributed by atoms with Gasteiger partial charge in [0.05, 0.1) is 16.6 Å². The van der Waals surface area contributed by atoms with Gasteiger partial charge >= 0.3 is 0 Å². The van der Waals surface area contributed by atoms with Gasteiger partial charge in [-0.3, -0.25) is 14.3 Å². The number of fused-ring (bicyclic) bond motifs is 2. The predicted octanol–water partition coefficient (Wildman–Crippen LogP) is 5.24. The first kappa shape index (κ1) is 17.1. The normalized spacial score (nSPS) is 11.4. The molecule has 5 aromatic rings. The predicted molar refractivity (Wildman–Crippen MR) is 118 cm³/mol. The summed E-state index contributed by atoms with van der Waals surface area (Å²) in [6.07, 6.45) is 8.89. The standard InChI is InChI=1S/C25H17N3O/c29-25-24-20(5-3-6-22(24)18-10-14-26-15-11-18)12-16-28(25)17-13-21-9-8-19-4-1-2-7-23(19)27-21/h1-17H/b17-13+. The van der Waals surface area contributed by atoms with E-state index in [1.165, 1.54) is 0 Å². The van der Waals surface area contributed by atoms with E-state index in [0.29, 0.717) is 5.39 Å². The molecule has 0 aliphatic rings. The van der Waals surface area contributed by atoms with Crippen molar-refractivity contribution < 1.29 is 0 Å². The summed E-state index contributed by atoms with van der Waals surface area (Å²) in [6, 6.07) is 23.7. The Bertz CT molecular complexity index is 1420. The van der Waals surface area contributed by atoms with Gasteiger partial charge in [0.2, 0.25) is 0 Å². The molecule has 0 aliphatic heterocycles. The van der Waals surface area contributed by atoms with Gasteiger partial charge in [0, 0.05) is 30.2 Å². The van der Waals surface area contributed by atoms with Crippen LogP contribution >= 0.6 is 0 Å². The molecule has 0 unspecified atom stereocenters. The van der Waals surface area contributed by atoms with Crippen LogP contribution < -0.4 is 5.56 Å². The Morgan fingerprint density at radius 2 is 1.62 bits per heavy atom. The Morgan fingerprint density at radius 1 is 0.793 bits per heavy atom. The first-order chi connectivity index (χ1) is 14.3. The maximum atomic E-state index is 13.2. The zero-order valence-electron chi connectivity index (χ0n) is 15.6. The molecule has 0 atom stereocenters. The molecular weight excluding hydrogens is 358 g/mol. The topological polar surface area (TPSA) is 47.8 Å². The molecule has 0 radical (unpaired) electrons. The number of para-hydroxylation sites is 1. The average Bonchev–Trinajstić information content (AvgIpc) is 2.79. The van der Waals surface area contributed by atoms with Crippen molar-refractivity contribution in [1.29, 1.82) is 0 Å². The van der Waals surface area contributed by atoms with E-state index in [9.17, 15) is 4.79 Å². The smallest absolute Gasteiger partial charge is 0.263 e. The van der Waals surface area contributed by atoms with E-state index >= 15 is 0 Å². The van der Waals surface area contributed by atoms with Crippen molar-refractivity contribution in [3.8, 4) is 11.1 Å². The van der Waals surface area contributed by atoms with Crippen LogP contribution in [0.15, 0.2) is 96.2 Å². The van der Waals surface area contributed by atoms with Crippen LogP contribution in [0.5, 0.6) is 0 Å². The van der Waals surface area contributed by atoms with Crippen molar-refractivity contribution >= 4 is 34.0 Å². The molecule has 29 heavy (non-hydrogen) atoms. The van der Waals surface area contributed by atoms with Crippen LogP contribution in [0.4, 0.5) is 0 Å². The number of benzene rings is 2.